The molecule has 2 aliphatic rings. The van der Waals surface area contributed by atoms with Crippen molar-refractivity contribution in [2.24, 2.45) is 0 Å². The maximum atomic E-state index is 13.4. The average Bonchev–Trinajstić information content (AvgIpc) is 3.20. The lowest BCUT2D eigenvalue weighted by molar-refractivity contribution is -0.128. The molecule has 2 N–H and O–H groups in total. The maximum Gasteiger partial charge on any atom is 0.231 e. The highest BCUT2D eigenvalue weighted by molar-refractivity contribution is 7.92. The van der Waals surface area contributed by atoms with Gasteiger partial charge in [-0.15, -0.1) is 0 Å². The largest absolute Gasteiger partial charge is 0.454 e. The number of rotatable bonds is 6. The minimum atomic E-state index is -3.34. The highest BCUT2D eigenvalue weighted by Crippen LogP contribution is 2.40. The molecule has 1 amide bonds. The molecule has 0 unspecified atom stereocenters. The van der Waals surface area contributed by atoms with Crippen molar-refractivity contribution < 1.29 is 22.7 Å². The fraction of sp³-hybridized carbons (Fsp3) is 0.409. The fourth-order valence-corrected chi connectivity index (χ4v) is 4.84. The molecule has 8 heteroatoms. The Morgan fingerprint density at radius 2 is 1.70 bits per heavy atom. The molecule has 7 nitrogen and oxygen atoms in total. The van der Waals surface area contributed by atoms with E-state index in [2.05, 4.69) is 10.0 Å². The van der Waals surface area contributed by atoms with E-state index in [0.29, 0.717) is 18.0 Å². The first-order chi connectivity index (χ1) is 14.4. The summed E-state index contributed by atoms with van der Waals surface area (Å²) in [5.41, 5.74) is 1.77. The number of benzene rings is 2. The van der Waals surface area contributed by atoms with Gasteiger partial charge in [-0.1, -0.05) is 37.5 Å². The van der Waals surface area contributed by atoms with Gasteiger partial charge in [0, 0.05) is 12.2 Å². The lowest BCUT2D eigenvalue weighted by Gasteiger charge is -2.36. The van der Waals surface area contributed by atoms with Crippen LogP contribution in [0.2, 0.25) is 0 Å². The van der Waals surface area contributed by atoms with Gasteiger partial charge in [0.05, 0.1) is 11.7 Å². The molecule has 0 bridgehead atoms. The van der Waals surface area contributed by atoms with Gasteiger partial charge in [-0.3, -0.25) is 9.52 Å². The zero-order valence-electron chi connectivity index (χ0n) is 16.9. The van der Waals surface area contributed by atoms with Crippen molar-refractivity contribution in [3.8, 4) is 11.5 Å². The van der Waals surface area contributed by atoms with Gasteiger partial charge in [-0.2, -0.15) is 0 Å². The SMILES string of the molecule is CS(=O)(=O)Nc1ccc(C2(C(=O)NCc3ccc4c(c3)OCO4)CCCCC2)cc1. The van der Waals surface area contributed by atoms with E-state index in [-0.39, 0.29) is 12.7 Å². The first kappa shape index (κ1) is 20.5. The van der Waals surface area contributed by atoms with Gasteiger partial charge in [0.15, 0.2) is 11.5 Å². The highest BCUT2D eigenvalue weighted by atomic mass is 32.2. The molecule has 30 heavy (non-hydrogen) atoms. The zero-order chi connectivity index (χ0) is 21.2. The lowest BCUT2D eigenvalue weighted by atomic mass is 9.68. The molecule has 2 aromatic rings. The minimum absolute atomic E-state index is 0.00342. The number of nitrogens with one attached hydrogen (secondary N) is 2. The molecule has 0 aromatic heterocycles. The van der Waals surface area contributed by atoms with Crippen LogP contribution in [-0.4, -0.2) is 27.4 Å². The van der Waals surface area contributed by atoms with Crippen LogP contribution in [0.15, 0.2) is 42.5 Å². The van der Waals surface area contributed by atoms with Crippen molar-refractivity contribution in [2.45, 2.75) is 44.1 Å². The van der Waals surface area contributed by atoms with Gasteiger partial charge in [0.2, 0.25) is 22.7 Å². The molecule has 2 aromatic carbocycles. The number of sulfonamides is 1. The lowest BCUT2D eigenvalue weighted by Crippen LogP contribution is -2.45. The summed E-state index contributed by atoms with van der Waals surface area (Å²) in [4.78, 5) is 13.4. The first-order valence-corrected chi connectivity index (χ1v) is 12.0. The molecule has 1 saturated carbocycles. The number of ether oxygens (including phenoxy) is 2. The molecule has 1 aliphatic heterocycles. The third-order valence-electron chi connectivity index (χ3n) is 5.77. The Bertz CT molecular complexity index is 1030. The first-order valence-electron chi connectivity index (χ1n) is 10.1. The topological polar surface area (TPSA) is 93.7 Å². The van der Waals surface area contributed by atoms with Crippen molar-refractivity contribution in [1.29, 1.82) is 0 Å². The number of amides is 1. The Hall–Kier alpha value is -2.74. The zero-order valence-corrected chi connectivity index (χ0v) is 17.8. The van der Waals surface area contributed by atoms with Crippen LogP contribution in [0.4, 0.5) is 5.69 Å². The van der Waals surface area contributed by atoms with Crippen molar-refractivity contribution in [1.82, 2.24) is 5.32 Å². The molecule has 1 fully saturated rings. The van der Waals surface area contributed by atoms with E-state index in [4.69, 9.17) is 9.47 Å². The molecule has 1 heterocycles. The predicted molar refractivity (Wildman–Crippen MR) is 114 cm³/mol. The molecule has 4 rings (SSSR count). The van der Waals surface area contributed by atoms with E-state index in [1.165, 1.54) is 0 Å². The summed E-state index contributed by atoms with van der Waals surface area (Å²) < 4.78 is 36.1. The van der Waals surface area contributed by atoms with Crippen molar-refractivity contribution in [3.63, 3.8) is 0 Å². The van der Waals surface area contributed by atoms with Crippen molar-refractivity contribution in [2.75, 3.05) is 17.8 Å². The Morgan fingerprint density at radius 1 is 1.00 bits per heavy atom. The Morgan fingerprint density at radius 3 is 2.40 bits per heavy atom. The Balaban J connectivity index is 1.52. The van der Waals surface area contributed by atoms with E-state index < -0.39 is 15.4 Å². The number of fused-ring (bicyclic) bond motifs is 1. The molecular weight excluding hydrogens is 404 g/mol. The predicted octanol–water partition coefficient (Wildman–Crippen LogP) is 3.31. The van der Waals surface area contributed by atoms with Crippen LogP contribution < -0.4 is 19.5 Å². The molecular formula is C22H26N2O5S. The van der Waals surface area contributed by atoms with Crippen LogP contribution in [0.3, 0.4) is 0 Å². The van der Waals surface area contributed by atoms with Crippen LogP contribution in [0.25, 0.3) is 0 Å². The van der Waals surface area contributed by atoms with Crippen LogP contribution in [0.1, 0.15) is 43.2 Å². The summed E-state index contributed by atoms with van der Waals surface area (Å²) in [7, 11) is -3.34. The monoisotopic (exact) mass is 430 g/mol. The van der Waals surface area contributed by atoms with Gasteiger partial charge < -0.3 is 14.8 Å². The van der Waals surface area contributed by atoms with E-state index in [1.807, 2.05) is 30.3 Å². The summed E-state index contributed by atoms with van der Waals surface area (Å²) >= 11 is 0. The number of carbonyl (C=O) groups is 1. The van der Waals surface area contributed by atoms with E-state index in [9.17, 15) is 13.2 Å². The van der Waals surface area contributed by atoms with Crippen LogP contribution >= 0.6 is 0 Å². The van der Waals surface area contributed by atoms with Gasteiger partial charge in [-0.25, -0.2) is 8.42 Å². The summed E-state index contributed by atoms with van der Waals surface area (Å²) in [6.45, 7) is 0.628. The van der Waals surface area contributed by atoms with Crippen LogP contribution in [0, 0.1) is 0 Å². The molecule has 1 aliphatic carbocycles. The minimum Gasteiger partial charge on any atom is -0.454 e. The van der Waals surface area contributed by atoms with Crippen molar-refractivity contribution >= 4 is 21.6 Å². The number of carbonyl (C=O) groups excluding carboxylic acids is 1. The fourth-order valence-electron chi connectivity index (χ4n) is 4.28. The summed E-state index contributed by atoms with van der Waals surface area (Å²) in [5.74, 6) is 1.42. The molecule has 0 spiro atoms. The maximum absolute atomic E-state index is 13.4. The summed E-state index contributed by atoms with van der Waals surface area (Å²) in [6, 6.07) is 12.8. The average molecular weight is 431 g/mol. The Kier molecular flexibility index (Phi) is 5.60. The normalized spacial score (nSPS) is 17.4. The molecule has 0 saturated heterocycles. The summed E-state index contributed by atoms with van der Waals surface area (Å²) in [5, 5.41) is 3.11. The van der Waals surface area contributed by atoms with Gasteiger partial charge in [0.1, 0.15) is 0 Å². The standard InChI is InChI=1S/C22H26N2O5S/c1-30(26,27)24-18-8-6-17(7-9-18)22(11-3-2-4-12-22)21(25)23-14-16-5-10-19-20(13-16)29-15-28-19/h5-10,13,24H,2-4,11-12,14-15H2,1H3,(H,23,25). The number of hydrogen-bond acceptors (Lipinski definition) is 5. The Labute approximate surface area is 176 Å². The number of hydrogen-bond donors (Lipinski definition) is 2. The smallest absolute Gasteiger partial charge is 0.231 e. The highest BCUT2D eigenvalue weighted by Gasteiger charge is 2.40. The van der Waals surface area contributed by atoms with E-state index in [1.54, 1.807) is 12.1 Å². The molecule has 0 radical (unpaired) electrons. The second kappa shape index (κ2) is 8.18. The van der Waals surface area contributed by atoms with Gasteiger partial charge in [0.25, 0.3) is 0 Å². The van der Waals surface area contributed by atoms with Crippen molar-refractivity contribution in [3.05, 3.63) is 53.6 Å². The van der Waals surface area contributed by atoms with E-state index in [0.717, 1.165) is 55.2 Å². The second-order valence-electron chi connectivity index (χ2n) is 7.96. The van der Waals surface area contributed by atoms with Crippen LogP contribution in [-0.2, 0) is 26.8 Å². The third-order valence-corrected chi connectivity index (χ3v) is 6.38. The van der Waals surface area contributed by atoms with Crippen LogP contribution in [0.5, 0.6) is 11.5 Å². The third kappa shape index (κ3) is 4.38. The molecule has 160 valence electrons. The number of anilines is 1. The summed E-state index contributed by atoms with van der Waals surface area (Å²) in [6.07, 6.45) is 5.76. The van der Waals surface area contributed by atoms with Gasteiger partial charge in [-0.05, 0) is 48.2 Å². The quantitative estimate of drug-likeness (QED) is 0.733. The van der Waals surface area contributed by atoms with E-state index >= 15 is 0 Å². The molecule has 0 atom stereocenters. The van der Waals surface area contributed by atoms with Gasteiger partial charge >= 0.3 is 0 Å². The second-order valence-corrected chi connectivity index (χ2v) is 9.71.